The van der Waals surface area contributed by atoms with E-state index in [-0.39, 0.29) is 6.10 Å². The van der Waals surface area contributed by atoms with Crippen molar-refractivity contribution < 1.29 is 9.47 Å². The summed E-state index contributed by atoms with van der Waals surface area (Å²) in [6.45, 7) is 5.77. The fraction of sp³-hybridized carbons (Fsp3) is 0.538. The molecule has 1 fully saturated rings. The summed E-state index contributed by atoms with van der Waals surface area (Å²) < 4.78 is 11.2. The zero-order valence-electron chi connectivity index (χ0n) is 10.5. The van der Waals surface area contributed by atoms with Crippen molar-refractivity contribution in [3.63, 3.8) is 0 Å². The molecule has 1 N–H and O–H groups in total. The van der Waals surface area contributed by atoms with Gasteiger partial charge >= 0.3 is 0 Å². The summed E-state index contributed by atoms with van der Waals surface area (Å²) >= 11 is 12.2. The lowest BCUT2D eigenvalue weighted by Gasteiger charge is -2.17. The van der Waals surface area contributed by atoms with E-state index in [9.17, 15) is 0 Å². The van der Waals surface area contributed by atoms with Crippen LogP contribution in [0.15, 0.2) is 18.2 Å². The molecule has 1 aliphatic rings. The quantitative estimate of drug-likeness (QED) is 0.923. The molecule has 1 saturated heterocycles. The first-order valence-electron chi connectivity index (χ1n) is 5.93. The molecule has 1 unspecified atom stereocenters. The third-order valence-electron chi connectivity index (χ3n) is 2.80. The summed E-state index contributed by atoms with van der Waals surface area (Å²) in [4.78, 5) is 0. The lowest BCUT2D eigenvalue weighted by Crippen LogP contribution is -2.30. The molecule has 3 nitrogen and oxygen atoms in total. The summed E-state index contributed by atoms with van der Waals surface area (Å²) in [5, 5.41) is 4.65. The third-order valence-corrected chi connectivity index (χ3v) is 3.51. The van der Waals surface area contributed by atoms with E-state index >= 15 is 0 Å². The molecule has 0 aliphatic carbocycles. The summed E-state index contributed by atoms with van der Waals surface area (Å²) in [7, 11) is 0. The average molecular weight is 290 g/mol. The largest absolute Gasteiger partial charge is 0.348 e. The Morgan fingerprint density at radius 3 is 2.56 bits per heavy atom. The number of ether oxygens (including phenoxy) is 2. The van der Waals surface area contributed by atoms with Crippen LogP contribution in [0.1, 0.15) is 19.4 Å². The van der Waals surface area contributed by atoms with Crippen molar-refractivity contribution in [3.8, 4) is 0 Å². The SMILES string of the molecule is CC1(C)OCC(CNCc2c(Cl)cccc2Cl)O1. The van der Waals surface area contributed by atoms with Crippen LogP contribution in [-0.2, 0) is 16.0 Å². The van der Waals surface area contributed by atoms with Crippen LogP contribution >= 0.6 is 23.2 Å². The molecule has 1 aliphatic heterocycles. The molecule has 1 atom stereocenters. The Kier molecular flexibility index (Phi) is 4.51. The fourth-order valence-electron chi connectivity index (χ4n) is 1.92. The molecular formula is C13H17Cl2NO2. The number of halogens is 2. The lowest BCUT2D eigenvalue weighted by molar-refractivity contribution is -0.137. The topological polar surface area (TPSA) is 30.5 Å². The van der Waals surface area contributed by atoms with Crippen molar-refractivity contribution in [1.29, 1.82) is 0 Å². The van der Waals surface area contributed by atoms with E-state index in [2.05, 4.69) is 5.32 Å². The minimum Gasteiger partial charge on any atom is -0.348 e. The maximum Gasteiger partial charge on any atom is 0.163 e. The molecule has 0 saturated carbocycles. The van der Waals surface area contributed by atoms with Crippen molar-refractivity contribution in [2.24, 2.45) is 0 Å². The second-order valence-electron chi connectivity index (χ2n) is 4.78. The van der Waals surface area contributed by atoms with Gasteiger partial charge in [-0.25, -0.2) is 0 Å². The van der Waals surface area contributed by atoms with Crippen LogP contribution in [-0.4, -0.2) is 25.0 Å². The summed E-state index contributed by atoms with van der Waals surface area (Å²) in [6, 6.07) is 5.51. The van der Waals surface area contributed by atoms with Gasteiger partial charge in [0.2, 0.25) is 0 Å². The van der Waals surface area contributed by atoms with Gasteiger partial charge in [0, 0.05) is 28.7 Å². The first-order valence-corrected chi connectivity index (χ1v) is 6.69. The van der Waals surface area contributed by atoms with Gasteiger partial charge in [0.25, 0.3) is 0 Å². The molecule has 1 heterocycles. The molecule has 5 heteroatoms. The molecule has 1 aromatic rings. The molecule has 0 amide bonds. The molecule has 1 aromatic carbocycles. The molecule has 0 radical (unpaired) electrons. The first kappa shape index (κ1) is 14.1. The van der Waals surface area contributed by atoms with Crippen LogP contribution in [0.5, 0.6) is 0 Å². The van der Waals surface area contributed by atoms with Gasteiger partial charge in [-0.05, 0) is 26.0 Å². The highest BCUT2D eigenvalue weighted by molar-refractivity contribution is 6.35. The third kappa shape index (κ3) is 3.59. The Morgan fingerprint density at radius 2 is 2.00 bits per heavy atom. The Labute approximate surface area is 117 Å². The minimum atomic E-state index is -0.478. The normalized spacial score (nSPS) is 22.3. The van der Waals surface area contributed by atoms with Crippen molar-refractivity contribution in [2.75, 3.05) is 13.2 Å². The van der Waals surface area contributed by atoms with Gasteiger partial charge in [-0.2, -0.15) is 0 Å². The van der Waals surface area contributed by atoms with E-state index in [1.54, 1.807) is 0 Å². The first-order chi connectivity index (χ1) is 8.48. The van der Waals surface area contributed by atoms with E-state index in [1.165, 1.54) is 0 Å². The van der Waals surface area contributed by atoms with Gasteiger partial charge in [0.1, 0.15) is 0 Å². The maximum absolute atomic E-state index is 6.09. The summed E-state index contributed by atoms with van der Waals surface area (Å²) in [5.41, 5.74) is 0.916. The minimum absolute atomic E-state index is 0.0706. The van der Waals surface area contributed by atoms with Gasteiger partial charge in [-0.3, -0.25) is 0 Å². The molecule has 0 bridgehead atoms. The van der Waals surface area contributed by atoms with Crippen molar-refractivity contribution in [3.05, 3.63) is 33.8 Å². The van der Waals surface area contributed by atoms with Gasteiger partial charge in [0.15, 0.2) is 5.79 Å². The average Bonchev–Trinajstić information content (AvgIpc) is 2.63. The maximum atomic E-state index is 6.09. The van der Waals surface area contributed by atoms with Crippen LogP contribution in [0, 0.1) is 0 Å². The van der Waals surface area contributed by atoms with E-state index in [0.29, 0.717) is 29.7 Å². The lowest BCUT2D eigenvalue weighted by atomic mass is 10.2. The number of hydrogen-bond donors (Lipinski definition) is 1. The number of hydrogen-bond acceptors (Lipinski definition) is 3. The standard InChI is InChI=1S/C13H17Cl2NO2/c1-13(2)17-8-9(18-13)6-16-7-10-11(14)4-3-5-12(10)15/h3-5,9,16H,6-8H2,1-2H3. The molecule has 18 heavy (non-hydrogen) atoms. The van der Waals surface area contributed by atoms with Crippen LogP contribution in [0.25, 0.3) is 0 Å². The van der Waals surface area contributed by atoms with Crippen LogP contribution < -0.4 is 5.32 Å². The Hall–Kier alpha value is -0.320. The zero-order chi connectivity index (χ0) is 13.2. The van der Waals surface area contributed by atoms with Crippen LogP contribution in [0.3, 0.4) is 0 Å². The monoisotopic (exact) mass is 289 g/mol. The van der Waals surface area contributed by atoms with Crippen LogP contribution in [0.2, 0.25) is 10.0 Å². The Morgan fingerprint density at radius 1 is 1.33 bits per heavy atom. The van der Waals surface area contributed by atoms with Crippen molar-refractivity contribution in [1.82, 2.24) is 5.32 Å². The van der Waals surface area contributed by atoms with Crippen LogP contribution in [0.4, 0.5) is 0 Å². The van der Waals surface area contributed by atoms with E-state index in [4.69, 9.17) is 32.7 Å². The molecule has 2 rings (SSSR count). The molecular weight excluding hydrogens is 273 g/mol. The zero-order valence-corrected chi connectivity index (χ0v) is 12.0. The van der Waals surface area contributed by atoms with Crippen molar-refractivity contribution in [2.45, 2.75) is 32.3 Å². The molecule has 0 aromatic heterocycles. The summed E-state index contributed by atoms with van der Waals surface area (Å²) in [5.74, 6) is -0.478. The van der Waals surface area contributed by atoms with E-state index in [0.717, 1.165) is 5.56 Å². The van der Waals surface area contributed by atoms with Crippen molar-refractivity contribution >= 4 is 23.2 Å². The number of nitrogens with one attached hydrogen (secondary N) is 1. The van der Waals surface area contributed by atoms with Gasteiger partial charge in [-0.1, -0.05) is 29.3 Å². The Bertz CT molecular complexity index is 403. The summed E-state index contributed by atoms with van der Waals surface area (Å²) in [6.07, 6.45) is 0.0706. The highest BCUT2D eigenvalue weighted by Gasteiger charge is 2.32. The smallest absolute Gasteiger partial charge is 0.163 e. The van der Waals surface area contributed by atoms with Gasteiger partial charge < -0.3 is 14.8 Å². The Balaban J connectivity index is 1.83. The molecule has 100 valence electrons. The fourth-order valence-corrected chi connectivity index (χ4v) is 2.45. The number of benzene rings is 1. The highest BCUT2D eigenvalue weighted by Crippen LogP contribution is 2.24. The predicted molar refractivity (Wildman–Crippen MR) is 73.1 cm³/mol. The van der Waals surface area contributed by atoms with E-state index < -0.39 is 5.79 Å². The van der Waals surface area contributed by atoms with E-state index in [1.807, 2.05) is 32.0 Å². The molecule has 0 spiro atoms. The number of rotatable bonds is 4. The second kappa shape index (κ2) is 5.76. The highest BCUT2D eigenvalue weighted by atomic mass is 35.5. The van der Waals surface area contributed by atoms with Gasteiger partial charge in [-0.15, -0.1) is 0 Å². The van der Waals surface area contributed by atoms with Gasteiger partial charge in [0.05, 0.1) is 12.7 Å². The predicted octanol–water partition coefficient (Wildman–Crippen LogP) is 3.23. The second-order valence-corrected chi connectivity index (χ2v) is 5.60.